The Hall–Kier alpha value is -1.62. The Kier molecular flexibility index (Phi) is 4.23. The third kappa shape index (κ3) is 3.02. The maximum Gasteiger partial charge on any atom is 0.148 e. The number of halogens is 1. The first-order valence-corrected chi connectivity index (χ1v) is 7.60. The number of anilines is 1. The van der Waals surface area contributed by atoms with E-state index in [1.807, 2.05) is 52.1 Å². The highest BCUT2D eigenvalue weighted by atomic mass is 79.9. The summed E-state index contributed by atoms with van der Waals surface area (Å²) < 4.78 is 2.67. The fourth-order valence-electron chi connectivity index (χ4n) is 2.31. The smallest absolute Gasteiger partial charge is 0.148 e. The maximum absolute atomic E-state index is 12.7. The fourth-order valence-corrected chi connectivity index (χ4v) is 2.78. The average Bonchev–Trinajstić information content (AvgIpc) is 2.65. The van der Waals surface area contributed by atoms with Crippen LogP contribution in [0.2, 0.25) is 0 Å². The van der Waals surface area contributed by atoms with Crippen molar-refractivity contribution in [2.24, 2.45) is 7.05 Å². The summed E-state index contributed by atoms with van der Waals surface area (Å²) in [7, 11) is 1.86. The van der Waals surface area contributed by atoms with Gasteiger partial charge in [-0.15, -0.1) is 0 Å². The predicted molar refractivity (Wildman–Crippen MR) is 88.2 cm³/mol. The number of hydrogen-bond donors (Lipinski definition) is 1. The maximum atomic E-state index is 12.7. The van der Waals surface area contributed by atoms with Gasteiger partial charge in [0.25, 0.3) is 0 Å². The third-order valence-electron chi connectivity index (χ3n) is 3.92. The number of nitrogen functional groups attached to an aromatic ring is 1. The summed E-state index contributed by atoms with van der Waals surface area (Å²) in [6, 6.07) is 7.48. The first kappa shape index (κ1) is 15.8. The van der Waals surface area contributed by atoms with Crippen molar-refractivity contribution >= 4 is 27.4 Å². The largest absolute Gasteiger partial charge is 0.399 e. The first-order valence-electron chi connectivity index (χ1n) is 6.80. The molecule has 4 nitrogen and oxygen atoms in total. The van der Waals surface area contributed by atoms with Gasteiger partial charge in [-0.2, -0.15) is 5.10 Å². The number of hydrogen-bond acceptors (Lipinski definition) is 3. The Labute approximate surface area is 133 Å². The normalized spacial score (nSPS) is 11.7. The molecule has 112 valence electrons. The van der Waals surface area contributed by atoms with Crippen LogP contribution in [0.25, 0.3) is 0 Å². The van der Waals surface area contributed by atoms with Crippen molar-refractivity contribution in [3.05, 3.63) is 45.7 Å². The highest BCUT2D eigenvalue weighted by molar-refractivity contribution is 9.10. The number of carbonyl (C=O) groups excluding carboxylic acids is 1. The second-order valence-corrected chi connectivity index (χ2v) is 6.61. The molecule has 2 N–H and O–H groups in total. The molecule has 0 fully saturated rings. The van der Waals surface area contributed by atoms with Crippen molar-refractivity contribution < 1.29 is 4.79 Å². The molecule has 0 saturated heterocycles. The first-order chi connectivity index (χ1) is 9.73. The van der Waals surface area contributed by atoms with Gasteiger partial charge >= 0.3 is 0 Å². The van der Waals surface area contributed by atoms with Crippen molar-refractivity contribution in [1.82, 2.24) is 9.78 Å². The van der Waals surface area contributed by atoms with Crippen LogP contribution in [0.1, 0.15) is 30.8 Å². The van der Waals surface area contributed by atoms with E-state index in [0.717, 1.165) is 21.4 Å². The van der Waals surface area contributed by atoms with Gasteiger partial charge in [-0.25, -0.2) is 0 Å². The molecule has 1 heterocycles. The lowest BCUT2D eigenvalue weighted by Gasteiger charge is -2.24. The molecule has 0 spiro atoms. The van der Waals surface area contributed by atoms with E-state index in [9.17, 15) is 4.79 Å². The van der Waals surface area contributed by atoms with Crippen LogP contribution >= 0.6 is 15.9 Å². The second-order valence-electron chi connectivity index (χ2n) is 5.82. The molecule has 2 aromatic rings. The second kappa shape index (κ2) is 5.64. The monoisotopic (exact) mass is 349 g/mol. The lowest BCUT2D eigenvalue weighted by Crippen LogP contribution is -2.31. The van der Waals surface area contributed by atoms with Crippen molar-refractivity contribution in [2.75, 3.05) is 5.73 Å². The zero-order valence-electron chi connectivity index (χ0n) is 12.8. The minimum Gasteiger partial charge on any atom is -0.399 e. The molecule has 0 atom stereocenters. The number of aromatic nitrogens is 2. The number of ketones is 1. The van der Waals surface area contributed by atoms with E-state index in [1.165, 1.54) is 0 Å². The number of benzene rings is 1. The molecule has 1 aromatic carbocycles. The number of nitrogens with two attached hydrogens (primary N) is 1. The summed E-state index contributed by atoms with van der Waals surface area (Å²) in [4.78, 5) is 12.7. The van der Waals surface area contributed by atoms with E-state index < -0.39 is 5.41 Å². The van der Waals surface area contributed by atoms with Crippen molar-refractivity contribution in [3.8, 4) is 0 Å². The number of Topliss-reactive ketones (excluding diaryl/α,β-unsaturated/α-hetero) is 1. The summed E-state index contributed by atoms with van der Waals surface area (Å²) in [5.41, 5.74) is 8.61. The predicted octanol–water partition coefficient (Wildman–Crippen LogP) is 3.16. The van der Waals surface area contributed by atoms with Crippen LogP contribution in [-0.4, -0.2) is 15.6 Å². The molecule has 0 radical (unpaired) electrons. The number of aryl methyl sites for hydroxylation is 2. The molecule has 1 aromatic heterocycles. The van der Waals surface area contributed by atoms with Crippen LogP contribution in [0.4, 0.5) is 5.69 Å². The topological polar surface area (TPSA) is 60.9 Å². The molecule has 5 heteroatoms. The number of rotatable bonds is 4. The van der Waals surface area contributed by atoms with Gasteiger partial charge in [-0.1, -0.05) is 12.1 Å². The van der Waals surface area contributed by atoms with Gasteiger partial charge in [-0.3, -0.25) is 9.48 Å². The van der Waals surface area contributed by atoms with Gasteiger partial charge in [-0.05, 0) is 54.4 Å². The Balaban J connectivity index is 2.28. The van der Waals surface area contributed by atoms with Crippen molar-refractivity contribution in [3.63, 3.8) is 0 Å². The molecule has 0 aliphatic heterocycles. The van der Waals surface area contributed by atoms with Gasteiger partial charge < -0.3 is 5.73 Å². The summed E-state index contributed by atoms with van der Waals surface area (Å²) >= 11 is 3.51. The quantitative estimate of drug-likeness (QED) is 0.862. The van der Waals surface area contributed by atoms with Gasteiger partial charge in [0.15, 0.2) is 0 Å². The van der Waals surface area contributed by atoms with E-state index in [4.69, 9.17) is 5.73 Å². The zero-order valence-corrected chi connectivity index (χ0v) is 14.4. The van der Waals surface area contributed by atoms with Crippen LogP contribution in [-0.2, 0) is 23.7 Å². The van der Waals surface area contributed by atoms with Crippen LogP contribution in [0.3, 0.4) is 0 Å². The van der Waals surface area contributed by atoms with E-state index in [0.29, 0.717) is 12.1 Å². The lowest BCUT2D eigenvalue weighted by molar-refractivity contribution is -0.122. The molecular formula is C16H20BrN3O. The van der Waals surface area contributed by atoms with Crippen LogP contribution in [0.15, 0.2) is 28.7 Å². The van der Waals surface area contributed by atoms with E-state index in [2.05, 4.69) is 21.0 Å². The number of carbonyl (C=O) groups is 1. The summed E-state index contributed by atoms with van der Waals surface area (Å²) in [5.74, 6) is 0.149. The van der Waals surface area contributed by atoms with Gasteiger partial charge in [0.1, 0.15) is 5.78 Å². The van der Waals surface area contributed by atoms with Crippen LogP contribution in [0, 0.1) is 6.92 Å². The Morgan fingerprint density at radius 1 is 1.33 bits per heavy atom. The molecule has 2 rings (SSSR count). The molecule has 0 amide bonds. The SMILES string of the molecule is Cc1nn(C)c(CC(=O)C(C)(C)c2ccc(N)cc2)c1Br. The van der Waals surface area contributed by atoms with E-state index >= 15 is 0 Å². The molecule has 0 unspecified atom stereocenters. The third-order valence-corrected chi connectivity index (χ3v) is 4.95. The fraction of sp³-hybridized carbons (Fsp3) is 0.375. The highest BCUT2D eigenvalue weighted by Gasteiger charge is 2.30. The Bertz CT molecular complexity index is 672. The van der Waals surface area contributed by atoms with Crippen LogP contribution < -0.4 is 5.73 Å². The Morgan fingerprint density at radius 2 is 1.90 bits per heavy atom. The Morgan fingerprint density at radius 3 is 2.38 bits per heavy atom. The standard InChI is InChI=1S/C16H20BrN3O/c1-10-15(17)13(20(4)19-10)9-14(21)16(2,3)11-5-7-12(18)8-6-11/h5-8H,9,18H2,1-4H3. The summed E-state index contributed by atoms with van der Waals surface area (Å²) in [5, 5.41) is 4.33. The summed E-state index contributed by atoms with van der Waals surface area (Å²) in [6.45, 7) is 5.80. The molecule has 0 bridgehead atoms. The van der Waals surface area contributed by atoms with E-state index in [-0.39, 0.29) is 5.78 Å². The molecule has 0 aliphatic rings. The minimum absolute atomic E-state index is 0.149. The molecular weight excluding hydrogens is 330 g/mol. The lowest BCUT2D eigenvalue weighted by atomic mass is 9.79. The van der Waals surface area contributed by atoms with Gasteiger partial charge in [0.05, 0.1) is 22.3 Å². The van der Waals surface area contributed by atoms with Crippen LogP contribution in [0.5, 0.6) is 0 Å². The number of nitrogens with zero attached hydrogens (tertiary/aromatic N) is 2. The summed E-state index contributed by atoms with van der Waals surface area (Å²) in [6.07, 6.45) is 0.343. The highest BCUT2D eigenvalue weighted by Crippen LogP contribution is 2.29. The zero-order chi connectivity index (χ0) is 15.8. The molecule has 21 heavy (non-hydrogen) atoms. The van der Waals surface area contributed by atoms with Crippen molar-refractivity contribution in [1.29, 1.82) is 0 Å². The van der Waals surface area contributed by atoms with Gasteiger partial charge in [0.2, 0.25) is 0 Å². The minimum atomic E-state index is -0.564. The molecule has 0 saturated carbocycles. The van der Waals surface area contributed by atoms with Crippen molar-refractivity contribution in [2.45, 2.75) is 32.6 Å². The molecule has 0 aliphatic carbocycles. The van der Waals surface area contributed by atoms with E-state index in [1.54, 1.807) is 4.68 Å². The average molecular weight is 350 g/mol. The van der Waals surface area contributed by atoms with Gasteiger partial charge in [0, 0.05) is 18.2 Å².